The number of nitrogens with zero attached hydrogens (tertiary/aromatic N) is 1. The van der Waals surface area contributed by atoms with Crippen molar-refractivity contribution in [2.75, 3.05) is 27.2 Å². The fraction of sp³-hybridized carbons (Fsp3) is 1.00. The topological polar surface area (TPSA) is 93.5 Å². The number of rotatable bonds is 2. The van der Waals surface area contributed by atoms with E-state index >= 15 is 0 Å². The largest absolute Gasteiger partial charge is 0.395 e. The lowest BCUT2D eigenvalue weighted by Gasteiger charge is -2.03. The lowest BCUT2D eigenvalue weighted by molar-refractivity contribution is 0.243. The SMILES string of the molecule is CN(C)CCO.N.N. The van der Waals surface area contributed by atoms with Gasteiger partial charge in [-0.1, -0.05) is 0 Å². The molecule has 0 rings (SSSR count). The van der Waals surface area contributed by atoms with Crippen molar-refractivity contribution in [1.29, 1.82) is 0 Å². The summed E-state index contributed by atoms with van der Waals surface area (Å²) < 4.78 is 0. The van der Waals surface area contributed by atoms with Crippen LogP contribution in [0.4, 0.5) is 0 Å². The molecule has 8 heavy (non-hydrogen) atoms. The molecule has 0 unspecified atom stereocenters. The minimum Gasteiger partial charge on any atom is -0.395 e. The van der Waals surface area contributed by atoms with Crippen LogP contribution < -0.4 is 12.3 Å². The van der Waals surface area contributed by atoms with E-state index in [1.807, 2.05) is 19.0 Å². The van der Waals surface area contributed by atoms with Gasteiger partial charge in [0, 0.05) is 6.54 Å². The second-order valence-electron chi connectivity index (χ2n) is 1.53. The number of hydrogen-bond acceptors (Lipinski definition) is 4. The van der Waals surface area contributed by atoms with Crippen molar-refractivity contribution in [2.45, 2.75) is 0 Å². The van der Waals surface area contributed by atoms with Crippen molar-refractivity contribution in [2.24, 2.45) is 0 Å². The smallest absolute Gasteiger partial charge is 0.0558 e. The van der Waals surface area contributed by atoms with E-state index in [0.29, 0.717) is 0 Å². The Balaban J connectivity index is -0.000000125. The Labute approximate surface area is 50.7 Å². The van der Waals surface area contributed by atoms with E-state index in [1.54, 1.807) is 0 Å². The van der Waals surface area contributed by atoms with Gasteiger partial charge in [-0.05, 0) is 14.1 Å². The highest BCUT2D eigenvalue weighted by molar-refractivity contribution is 4.34. The molecule has 4 nitrogen and oxygen atoms in total. The maximum absolute atomic E-state index is 8.20. The molecule has 0 aliphatic carbocycles. The number of aliphatic hydroxyl groups is 1. The molecule has 0 aliphatic rings. The quantitative estimate of drug-likeness (QED) is 0.476. The normalized spacial score (nSPS) is 7.50. The van der Waals surface area contributed by atoms with Gasteiger partial charge in [-0.2, -0.15) is 0 Å². The first kappa shape index (κ1) is 15.7. The standard InChI is InChI=1S/C4H11NO.2H3N/c1-5(2)3-4-6;;/h6H,3-4H2,1-2H3;2*1H3. The second kappa shape index (κ2) is 9.96. The molecule has 0 bridgehead atoms. The molecule has 0 amide bonds. The van der Waals surface area contributed by atoms with Crippen molar-refractivity contribution < 1.29 is 5.11 Å². The summed E-state index contributed by atoms with van der Waals surface area (Å²) in [4.78, 5) is 1.93. The van der Waals surface area contributed by atoms with Crippen LogP contribution in [0.5, 0.6) is 0 Å². The monoisotopic (exact) mass is 123 g/mol. The van der Waals surface area contributed by atoms with Gasteiger partial charge in [-0.3, -0.25) is 0 Å². The van der Waals surface area contributed by atoms with Crippen LogP contribution in [0.25, 0.3) is 0 Å². The second-order valence-corrected chi connectivity index (χ2v) is 1.53. The maximum Gasteiger partial charge on any atom is 0.0558 e. The lowest BCUT2D eigenvalue weighted by Crippen LogP contribution is -2.15. The van der Waals surface area contributed by atoms with E-state index < -0.39 is 0 Å². The van der Waals surface area contributed by atoms with Gasteiger partial charge in [-0.25, -0.2) is 0 Å². The minimum atomic E-state index is 0. The molecule has 0 saturated heterocycles. The zero-order chi connectivity index (χ0) is 4.99. The van der Waals surface area contributed by atoms with E-state index in [4.69, 9.17) is 5.11 Å². The van der Waals surface area contributed by atoms with Crippen molar-refractivity contribution >= 4 is 0 Å². The van der Waals surface area contributed by atoms with Gasteiger partial charge in [0.05, 0.1) is 6.61 Å². The summed E-state index contributed by atoms with van der Waals surface area (Å²) in [5.74, 6) is 0. The lowest BCUT2D eigenvalue weighted by atomic mass is 10.6. The molecule has 7 N–H and O–H groups in total. The van der Waals surface area contributed by atoms with Gasteiger partial charge in [-0.15, -0.1) is 0 Å². The summed E-state index contributed by atoms with van der Waals surface area (Å²) in [5, 5.41) is 8.20. The highest BCUT2D eigenvalue weighted by Gasteiger charge is 1.80. The van der Waals surface area contributed by atoms with Gasteiger partial charge >= 0.3 is 0 Å². The molecule has 0 aromatic heterocycles. The Hall–Kier alpha value is -0.160. The summed E-state index contributed by atoms with van der Waals surface area (Å²) in [7, 11) is 3.85. The number of hydrogen-bond donors (Lipinski definition) is 3. The molecular weight excluding hydrogens is 106 g/mol. The van der Waals surface area contributed by atoms with Gasteiger partial charge < -0.3 is 22.3 Å². The van der Waals surface area contributed by atoms with Gasteiger partial charge in [0.1, 0.15) is 0 Å². The Bertz CT molecular complexity index is 32.5. The van der Waals surface area contributed by atoms with Crippen LogP contribution in [-0.2, 0) is 0 Å². The number of likely N-dealkylation sites (N-methyl/N-ethyl adjacent to an activating group) is 1. The van der Waals surface area contributed by atoms with Crippen LogP contribution in [0.1, 0.15) is 0 Å². The van der Waals surface area contributed by atoms with Gasteiger partial charge in [0.15, 0.2) is 0 Å². The predicted molar refractivity (Wildman–Crippen MR) is 35.7 cm³/mol. The van der Waals surface area contributed by atoms with Gasteiger partial charge in [0.2, 0.25) is 0 Å². The molecule has 54 valence electrons. The Morgan fingerprint density at radius 2 is 1.62 bits per heavy atom. The third kappa shape index (κ3) is 17.0. The van der Waals surface area contributed by atoms with Crippen LogP contribution in [0.2, 0.25) is 0 Å². The zero-order valence-corrected chi connectivity index (χ0v) is 5.72. The molecule has 0 atom stereocenters. The molecule has 0 fully saturated rings. The van der Waals surface area contributed by atoms with E-state index in [2.05, 4.69) is 0 Å². The van der Waals surface area contributed by atoms with E-state index in [9.17, 15) is 0 Å². The first-order chi connectivity index (χ1) is 2.77. The third-order valence-electron chi connectivity index (χ3n) is 0.547. The maximum atomic E-state index is 8.20. The molecule has 0 radical (unpaired) electrons. The average molecular weight is 123 g/mol. The summed E-state index contributed by atoms with van der Waals surface area (Å²) in [6.45, 7) is 1.02. The fourth-order valence-electron chi connectivity index (χ4n) is 0.200. The minimum absolute atomic E-state index is 0. The average Bonchev–Trinajstić information content (AvgIpc) is 1.35. The van der Waals surface area contributed by atoms with Crippen molar-refractivity contribution in [3.63, 3.8) is 0 Å². The summed E-state index contributed by atoms with van der Waals surface area (Å²) in [6, 6.07) is 0. The molecule has 0 aromatic rings. The van der Waals surface area contributed by atoms with E-state index in [-0.39, 0.29) is 18.9 Å². The first-order valence-corrected chi connectivity index (χ1v) is 2.03. The Kier molecular flexibility index (Phi) is 19.5. The van der Waals surface area contributed by atoms with Crippen LogP contribution >= 0.6 is 0 Å². The van der Waals surface area contributed by atoms with E-state index in [1.165, 1.54) is 0 Å². The summed E-state index contributed by atoms with van der Waals surface area (Å²) >= 11 is 0. The highest BCUT2D eigenvalue weighted by Crippen LogP contribution is 1.66. The first-order valence-electron chi connectivity index (χ1n) is 2.03. The van der Waals surface area contributed by atoms with E-state index in [0.717, 1.165) is 6.54 Å². The molecular formula is C4H17N3O. The molecule has 0 aromatic carbocycles. The van der Waals surface area contributed by atoms with Crippen molar-refractivity contribution in [3.8, 4) is 0 Å². The summed E-state index contributed by atoms with van der Waals surface area (Å²) in [5.41, 5.74) is 0. The van der Waals surface area contributed by atoms with Crippen LogP contribution in [-0.4, -0.2) is 37.3 Å². The number of aliphatic hydroxyl groups excluding tert-OH is 1. The Morgan fingerprint density at radius 1 is 1.25 bits per heavy atom. The van der Waals surface area contributed by atoms with Crippen LogP contribution in [0.15, 0.2) is 0 Å². The Morgan fingerprint density at radius 3 is 1.62 bits per heavy atom. The molecule has 0 saturated carbocycles. The molecule has 4 heteroatoms. The van der Waals surface area contributed by atoms with Crippen LogP contribution in [0, 0.1) is 0 Å². The molecule has 0 spiro atoms. The van der Waals surface area contributed by atoms with Crippen molar-refractivity contribution in [3.05, 3.63) is 0 Å². The molecule has 0 aliphatic heterocycles. The third-order valence-corrected chi connectivity index (χ3v) is 0.547. The van der Waals surface area contributed by atoms with Crippen molar-refractivity contribution in [1.82, 2.24) is 17.2 Å². The fourth-order valence-corrected chi connectivity index (χ4v) is 0.200. The molecule has 0 heterocycles. The zero-order valence-electron chi connectivity index (χ0n) is 5.72. The highest BCUT2D eigenvalue weighted by atomic mass is 16.3. The summed E-state index contributed by atoms with van der Waals surface area (Å²) in [6.07, 6.45) is 0. The van der Waals surface area contributed by atoms with Crippen LogP contribution in [0.3, 0.4) is 0 Å². The van der Waals surface area contributed by atoms with Gasteiger partial charge in [0.25, 0.3) is 0 Å². The predicted octanol–water partition coefficient (Wildman–Crippen LogP) is -0.136.